The number of likely N-dealkylation sites (tertiary alicyclic amines) is 1. The van der Waals surface area contributed by atoms with Crippen molar-refractivity contribution < 1.29 is 9.53 Å². The average molecular weight is 435 g/mol. The van der Waals surface area contributed by atoms with Gasteiger partial charge >= 0.3 is 0 Å². The molecular weight excluding hydrogens is 400 g/mol. The summed E-state index contributed by atoms with van der Waals surface area (Å²) < 4.78 is 6.38. The molecule has 1 spiro atoms. The number of piperidine rings is 1. The van der Waals surface area contributed by atoms with E-state index in [0.717, 1.165) is 77.3 Å². The number of aryl methyl sites for hydroxylation is 1. The molecule has 5 rings (SSSR count). The Labute approximate surface area is 191 Å². The van der Waals surface area contributed by atoms with Crippen LogP contribution >= 0.6 is 0 Å². The molecule has 0 unspecified atom stereocenters. The van der Waals surface area contributed by atoms with Crippen LogP contribution in [0.1, 0.15) is 41.7 Å². The first kappa shape index (κ1) is 21.4. The Balaban J connectivity index is 1.15. The molecule has 3 aliphatic heterocycles. The van der Waals surface area contributed by atoms with Crippen LogP contribution in [0.15, 0.2) is 48.7 Å². The summed E-state index contributed by atoms with van der Waals surface area (Å²) in [6.45, 7) is 8.70. The molecule has 1 aromatic carbocycles. The second-order valence-electron chi connectivity index (χ2n) is 9.52. The minimum atomic E-state index is -0.0677. The van der Waals surface area contributed by atoms with E-state index in [4.69, 9.17) is 4.74 Å². The Hall–Kier alpha value is -2.44. The Kier molecular flexibility index (Phi) is 6.15. The Morgan fingerprint density at radius 1 is 1.00 bits per heavy atom. The second-order valence-corrected chi connectivity index (χ2v) is 9.52. The van der Waals surface area contributed by atoms with Crippen molar-refractivity contribution >= 4 is 11.6 Å². The molecule has 4 heterocycles. The van der Waals surface area contributed by atoms with Gasteiger partial charge in [0.25, 0.3) is 5.91 Å². The molecular formula is C26H34N4O2. The van der Waals surface area contributed by atoms with E-state index in [1.807, 2.05) is 24.0 Å². The van der Waals surface area contributed by atoms with Gasteiger partial charge in [0.05, 0.1) is 11.2 Å². The van der Waals surface area contributed by atoms with Crippen LogP contribution in [0, 0.1) is 6.92 Å². The first-order chi connectivity index (χ1) is 15.6. The molecule has 0 bridgehead atoms. The number of carbonyl (C=O) groups excluding carboxylic acids is 1. The Morgan fingerprint density at radius 2 is 1.75 bits per heavy atom. The lowest BCUT2D eigenvalue weighted by atomic mass is 9.81. The number of pyridine rings is 1. The summed E-state index contributed by atoms with van der Waals surface area (Å²) in [7, 11) is 0. The van der Waals surface area contributed by atoms with E-state index in [1.54, 1.807) is 6.20 Å². The van der Waals surface area contributed by atoms with Crippen molar-refractivity contribution in [1.82, 2.24) is 14.8 Å². The van der Waals surface area contributed by atoms with Gasteiger partial charge in [0.2, 0.25) is 0 Å². The number of aromatic nitrogens is 1. The number of nitrogens with zero attached hydrogens (tertiary/aromatic N) is 4. The number of rotatable bonds is 3. The maximum atomic E-state index is 12.9. The first-order valence-corrected chi connectivity index (χ1v) is 12.0. The minimum absolute atomic E-state index is 0.0677. The fourth-order valence-electron chi connectivity index (χ4n) is 5.54. The average Bonchev–Trinajstić information content (AvgIpc) is 2.85. The largest absolute Gasteiger partial charge is 0.375 e. The van der Waals surface area contributed by atoms with Crippen LogP contribution in [0.3, 0.4) is 0 Å². The maximum absolute atomic E-state index is 12.9. The summed E-state index contributed by atoms with van der Waals surface area (Å²) in [4.78, 5) is 24.3. The van der Waals surface area contributed by atoms with Gasteiger partial charge in [-0.15, -0.1) is 0 Å². The number of anilines is 1. The highest BCUT2D eigenvalue weighted by molar-refractivity contribution is 5.94. The Bertz CT molecular complexity index is 901. The molecule has 1 atom stereocenters. The molecule has 0 aliphatic carbocycles. The molecule has 1 amide bonds. The Morgan fingerprint density at radius 3 is 2.44 bits per heavy atom. The fourth-order valence-corrected chi connectivity index (χ4v) is 5.54. The van der Waals surface area contributed by atoms with Gasteiger partial charge in [-0.2, -0.15) is 0 Å². The number of carbonyl (C=O) groups is 1. The minimum Gasteiger partial charge on any atom is -0.375 e. The van der Waals surface area contributed by atoms with Crippen LogP contribution in [-0.2, 0) is 4.74 Å². The van der Waals surface area contributed by atoms with Crippen LogP contribution in [0.25, 0.3) is 0 Å². The molecule has 0 radical (unpaired) electrons. The molecule has 2 aromatic rings. The van der Waals surface area contributed by atoms with Gasteiger partial charge < -0.3 is 14.5 Å². The van der Waals surface area contributed by atoms with Crippen LogP contribution in [0.5, 0.6) is 0 Å². The number of amides is 1. The van der Waals surface area contributed by atoms with E-state index < -0.39 is 0 Å². The van der Waals surface area contributed by atoms with Crippen molar-refractivity contribution in [3.8, 4) is 0 Å². The van der Waals surface area contributed by atoms with Gasteiger partial charge in [-0.25, -0.2) is 0 Å². The predicted molar refractivity (Wildman–Crippen MR) is 126 cm³/mol. The first-order valence-electron chi connectivity index (χ1n) is 12.0. The van der Waals surface area contributed by atoms with Gasteiger partial charge in [-0.3, -0.25) is 14.7 Å². The zero-order valence-corrected chi connectivity index (χ0v) is 19.1. The number of benzene rings is 1. The lowest BCUT2D eigenvalue weighted by molar-refractivity contribution is -0.130. The zero-order chi connectivity index (χ0) is 22.0. The van der Waals surface area contributed by atoms with Crippen molar-refractivity contribution in [2.75, 3.05) is 50.8 Å². The molecule has 32 heavy (non-hydrogen) atoms. The van der Waals surface area contributed by atoms with Gasteiger partial charge in [-0.05, 0) is 56.9 Å². The summed E-state index contributed by atoms with van der Waals surface area (Å²) >= 11 is 0. The van der Waals surface area contributed by atoms with Crippen LogP contribution in [0.4, 0.5) is 5.69 Å². The smallest absolute Gasteiger partial charge is 0.255 e. The van der Waals surface area contributed by atoms with Crippen LogP contribution < -0.4 is 4.90 Å². The molecule has 3 fully saturated rings. The summed E-state index contributed by atoms with van der Waals surface area (Å²) in [5.41, 5.74) is 2.88. The topological polar surface area (TPSA) is 48.9 Å². The molecule has 6 heteroatoms. The second kappa shape index (κ2) is 9.20. The lowest BCUT2D eigenvalue weighted by Gasteiger charge is -2.50. The van der Waals surface area contributed by atoms with Crippen molar-refractivity contribution in [3.63, 3.8) is 0 Å². The van der Waals surface area contributed by atoms with Crippen molar-refractivity contribution in [3.05, 3.63) is 59.9 Å². The van der Waals surface area contributed by atoms with Crippen molar-refractivity contribution in [2.45, 2.75) is 44.2 Å². The van der Waals surface area contributed by atoms with E-state index in [2.05, 4.69) is 45.1 Å². The summed E-state index contributed by atoms with van der Waals surface area (Å²) in [5, 5.41) is 0. The highest BCUT2D eigenvalue weighted by Gasteiger charge is 2.43. The normalized spacial score (nSPS) is 24.0. The molecule has 3 aliphatic rings. The number of para-hydroxylation sites is 1. The molecule has 3 saturated heterocycles. The van der Waals surface area contributed by atoms with Crippen LogP contribution in [0.2, 0.25) is 0 Å². The van der Waals surface area contributed by atoms with E-state index in [-0.39, 0.29) is 11.5 Å². The standard InChI is InChI=1S/C26H34N4O2/c1-21-7-8-22(20-27-21)25(31)30-12-10-26(11-13-30)19-24(9-18-32-26)29-16-14-28(15-17-29)23-5-3-2-4-6-23/h2-8,20,24H,9-19H2,1H3/t24-/m0/s1. The number of hydrogen-bond donors (Lipinski definition) is 0. The quantitative estimate of drug-likeness (QED) is 0.741. The van der Waals surface area contributed by atoms with E-state index in [9.17, 15) is 4.79 Å². The van der Waals surface area contributed by atoms with Gasteiger partial charge in [0.1, 0.15) is 0 Å². The maximum Gasteiger partial charge on any atom is 0.255 e. The SMILES string of the molecule is Cc1ccc(C(=O)N2CCC3(CC2)C[C@@H](N2CCN(c4ccccc4)CC2)CCO3)cn1. The summed E-state index contributed by atoms with van der Waals surface area (Å²) in [6, 6.07) is 15.1. The fraction of sp³-hybridized carbons (Fsp3) is 0.538. The number of piperazine rings is 1. The lowest BCUT2D eigenvalue weighted by Crippen LogP contribution is -2.57. The predicted octanol–water partition coefficient (Wildman–Crippen LogP) is 3.37. The highest BCUT2D eigenvalue weighted by atomic mass is 16.5. The molecule has 1 aromatic heterocycles. The van der Waals surface area contributed by atoms with Crippen molar-refractivity contribution in [2.24, 2.45) is 0 Å². The van der Waals surface area contributed by atoms with Gasteiger partial charge in [0.15, 0.2) is 0 Å². The zero-order valence-electron chi connectivity index (χ0n) is 19.1. The summed E-state index contributed by atoms with van der Waals surface area (Å²) in [5.74, 6) is 0.0942. The van der Waals surface area contributed by atoms with E-state index in [1.165, 1.54) is 5.69 Å². The third kappa shape index (κ3) is 4.52. The van der Waals surface area contributed by atoms with Crippen LogP contribution in [-0.4, -0.2) is 78.2 Å². The van der Waals surface area contributed by atoms with E-state index in [0.29, 0.717) is 11.6 Å². The third-order valence-electron chi connectivity index (χ3n) is 7.54. The highest BCUT2D eigenvalue weighted by Crippen LogP contribution is 2.37. The van der Waals surface area contributed by atoms with Crippen molar-refractivity contribution in [1.29, 1.82) is 0 Å². The van der Waals surface area contributed by atoms with Gasteiger partial charge in [0, 0.05) is 69.5 Å². The molecule has 170 valence electrons. The molecule has 0 saturated carbocycles. The van der Waals surface area contributed by atoms with Gasteiger partial charge in [-0.1, -0.05) is 18.2 Å². The van der Waals surface area contributed by atoms with E-state index >= 15 is 0 Å². The molecule has 6 nitrogen and oxygen atoms in total. The monoisotopic (exact) mass is 434 g/mol. The third-order valence-corrected chi connectivity index (χ3v) is 7.54. The molecule has 0 N–H and O–H groups in total. The number of ether oxygens (including phenoxy) is 1. The number of hydrogen-bond acceptors (Lipinski definition) is 5. The summed E-state index contributed by atoms with van der Waals surface area (Å²) in [6.07, 6.45) is 5.76.